The van der Waals surface area contributed by atoms with Crippen molar-refractivity contribution in [2.75, 3.05) is 0 Å². The van der Waals surface area contributed by atoms with Crippen LogP contribution < -0.4 is 0 Å². The first-order valence-electron chi connectivity index (χ1n) is 9.36. The topological polar surface area (TPSA) is 63.1 Å². The van der Waals surface area contributed by atoms with Crippen molar-refractivity contribution < 1.29 is 9.90 Å². The van der Waals surface area contributed by atoms with E-state index in [1.807, 2.05) is 43.6 Å². The minimum Gasteiger partial charge on any atom is -0.481 e. The third-order valence-corrected chi connectivity index (χ3v) is 4.76. The standard InChI is InChI=1S/C23H24N2O2/c1-3-5-16-6-8-19(9-7-16)22-24-14-20(15-25-22)17-10-12-18(13-11-17)21(4-2)23(26)27/h6-15,21H,3-5H2,1-2H3,(H,26,27). The lowest BCUT2D eigenvalue weighted by Crippen LogP contribution is -2.10. The molecule has 0 saturated carbocycles. The first-order chi connectivity index (χ1) is 13.1. The Balaban J connectivity index is 1.78. The highest BCUT2D eigenvalue weighted by atomic mass is 16.4. The van der Waals surface area contributed by atoms with Gasteiger partial charge in [0, 0.05) is 23.5 Å². The van der Waals surface area contributed by atoms with Crippen molar-refractivity contribution in [1.29, 1.82) is 0 Å². The number of aliphatic carboxylic acids is 1. The van der Waals surface area contributed by atoms with E-state index in [2.05, 4.69) is 41.2 Å². The fourth-order valence-electron chi connectivity index (χ4n) is 3.20. The van der Waals surface area contributed by atoms with Crippen molar-refractivity contribution in [3.05, 3.63) is 72.1 Å². The first kappa shape index (κ1) is 18.8. The van der Waals surface area contributed by atoms with Crippen LogP contribution in [-0.4, -0.2) is 21.0 Å². The van der Waals surface area contributed by atoms with E-state index in [1.165, 1.54) is 5.56 Å². The molecule has 0 amide bonds. The van der Waals surface area contributed by atoms with E-state index in [4.69, 9.17) is 0 Å². The van der Waals surface area contributed by atoms with Gasteiger partial charge in [0.05, 0.1) is 5.92 Å². The first-order valence-corrected chi connectivity index (χ1v) is 9.36. The average molecular weight is 360 g/mol. The molecule has 0 fully saturated rings. The largest absolute Gasteiger partial charge is 0.481 e. The van der Waals surface area contributed by atoms with E-state index in [1.54, 1.807) is 0 Å². The fraction of sp³-hybridized carbons (Fsp3) is 0.261. The molecule has 0 aliphatic heterocycles. The lowest BCUT2D eigenvalue weighted by Gasteiger charge is -2.11. The molecule has 4 nitrogen and oxygen atoms in total. The van der Waals surface area contributed by atoms with Gasteiger partial charge in [-0.1, -0.05) is 68.8 Å². The number of hydrogen-bond donors (Lipinski definition) is 1. The number of carboxylic acids is 1. The number of carbonyl (C=O) groups is 1. The lowest BCUT2D eigenvalue weighted by atomic mass is 9.95. The second-order valence-corrected chi connectivity index (χ2v) is 6.66. The molecule has 0 aliphatic rings. The molecule has 3 aromatic rings. The maximum atomic E-state index is 11.3. The van der Waals surface area contributed by atoms with Crippen LogP contribution >= 0.6 is 0 Å². The molecule has 2 aromatic carbocycles. The van der Waals surface area contributed by atoms with Gasteiger partial charge in [-0.05, 0) is 29.5 Å². The molecule has 1 N–H and O–H groups in total. The van der Waals surface area contributed by atoms with Crippen molar-refractivity contribution in [3.63, 3.8) is 0 Å². The highest BCUT2D eigenvalue weighted by molar-refractivity contribution is 5.76. The third-order valence-electron chi connectivity index (χ3n) is 4.76. The molecule has 3 rings (SSSR count). The predicted molar refractivity (Wildman–Crippen MR) is 108 cm³/mol. The monoisotopic (exact) mass is 360 g/mol. The zero-order valence-corrected chi connectivity index (χ0v) is 15.7. The van der Waals surface area contributed by atoms with Gasteiger partial charge in [0.15, 0.2) is 5.82 Å². The molecule has 138 valence electrons. The van der Waals surface area contributed by atoms with Crippen molar-refractivity contribution in [3.8, 4) is 22.5 Å². The smallest absolute Gasteiger partial charge is 0.310 e. The summed E-state index contributed by atoms with van der Waals surface area (Å²) in [6.45, 7) is 4.06. The third kappa shape index (κ3) is 4.40. The normalized spacial score (nSPS) is 11.9. The summed E-state index contributed by atoms with van der Waals surface area (Å²) in [5, 5.41) is 9.28. The Hall–Kier alpha value is -3.01. The van der Waals surface area contributed by atoms with E-state index < -0.39 is 11.9 Å². The van der Waals surface area contributed by atoms with E-state index in [-0.39, 0.29) is 0 Å². The summed E-state index contributed by atoms with van der Waals surface area (Å²) >= 11 is 0. The summed E-state index contributed by atoms with van der Waals surface area (Å²) in [5.41, 5.74) is 5.03. The Bertz CT molecular complexity index is 885. The summed E-state index contributed by atoms with van der Waals surface area (Å²) in [6, 6.07) is 16.0. The average Bonchev–Trinajstić information content (AvgIpc) is 2.70. The molecule has 1 aromatic heterocycles. The molecule has 0 bridgehead atoms. The zero-order valence-electron chi connectivity index (χ0n) is 15.7. The van der Waals surface area contributed by atoms with Crippen LogP contribution in [0.2, 0.25) is 0 Å². The van der Waals surface area contributed by atoms with Crippen LogP contribution in [0.1, 0.15) is 43.7 Å². The van der Waals surface area contributed by atoms with Crippen LogP contribution in [0.4, 0.5) is 0 Å². The Morgan fingerprint density at radius 2 is 1.48 bits per heavy atom. The predicted octanol–water partition coefficient (Wildman–Crippen LogP) is 5.34. The molecule has 1 heterocycles. The van der Waals surface area contributed by atoms with Gasteiger partial charge in [0.2, 0.25) is 0 Å². The van der Waals surface area contributed by atoms with Gasteiger partial charge >= 0.3 is 5.97 Å². The molecular formula is C23H24N2O2. The van der Waals surface area contributed by atoms with Gasteiger partial charge in [-0.2, -0.15) is 0 Å². The van der Waals surface area contributed by atoms with Crippen LogP contribution in [-0.2, 0) is 11.2 Å². The number of aryl methyl sites for hydroxylation is 1. The second kappa shape index (κ2) is 8.58. The summed E-state index contributed by atoms with van der Waals surface area (Å²) in [6.07, 6.45) is 6.41. The molecule has 27 heavy (non-hydrogen) atoms. The van der Waals surface area contributed by atoms with Crippen molar-refractivity contribution >= 4 is 5.97 Å². The molecule has 0 spiro atoms. The highest BCUT2D eigenvalue weighted by Gasteiger charge is 2.17. The van der Waals surface area contributed by atoms with E-state index in [9.17, 15) is 9.90 Å². The van der Waals surface area contributed by atoms with E-state index >= 15 is 0 Å². The quantitative estimate of drug-likeness (QED) is 0.617. The minimum atomic E-state index is -0.789. The molecule has 0 radical (unpaired) electrons. The van der Waals surface area contributed by atoms with Crippen LogP contribution in [0.3, 0.4) is 0 Å². The molecule has 1 unspecified atom stereocenters. The molecular weight excluding hydrogens is 336 g/mol. The molecule has 0 aliphatic carbocycles. The molecule has 0 saturated heterocycles. The Morgan fingerprint density at radius 1 is 0.889 bits per heavy atom. The minimum absolute atomic E-state index is 0.464. The molecule has 4 heteroatoms. The zero-order chi connectivity index (χ0) is 19.2. The van der Waals surface area contributed by atoms with Gasteiger partial charge < -0.3 is 5.11 Å². The number of nitrogens with zero attached hydrogens (tertiary/aromatic N) is 2. The van der Waals surface area contributed by atoms with Gasteiger partial charge in [0.1, 0.15) is 0 Å². The Labute approximate surface area is 159 Å². The maximum Gasteiger partial charge on any atom is 0.310 e. The summed E-state index contributed by atoms with van der Waals surface area (Å²) < 4.78 is 0. The number of carboxylic acid groups (broad SMARTS) is 1. The van der Waals surface area contributed by atoms with E-state index in [0.29, 0.717) is 12.2 Å². The van der Waals surface area contributed by atoms with Crippen molar-refractivity contribution in [2.24, 2.45) is 0 Å². The van der Waals surface area contributed by atoms with Gasteiger partial charge in [-0.15, -0.1) is 0 Å². The number of rotatable bonds is 7. The lowest BCUT2D eigenvalue weighted by molar-refractivity contribution is -0.138. The summed E-state index contributed by atoms with van der Waals surface area (Å²) in [7, 11) is 0. The van der Waals surface area contributed by atoms with Crippen LogP contribution in [0.15, 0.2) is 60.9 Å². The summed E-state index contributed by atoms with van der Waals surface area (Å²) in [4.78, 5) is 20.3. The Kier molecular flexibility index (Phi) is 5.97. The number of aromatic nitrogens is 2. The van der Waals surface area contributed by atoms with Gasteiger partial charge in [-0.25, -0.2) is 9.97 Å². The van der Waals surface area contributed by atoms with Crippen LogP contribution in [0.5, 0.6) is 0 Å². The van der Waals surface area contributed by atoms with Gasteiger partial charge in [0.25, 0.3) is 0 Å². The Morgan fingerprint density at radius 3 is 2.00 bits per heavy atom. The number of hydrogen-bond acceptors (Lipinski definition) is 3. The van der Waals surface area contributed by atoms with Crippen LogP contribution in [0, 0.1) is 0 Å². The number of benzene rings is 2. The highest BCUT2D eigenvalue weighted by Crippen LogP contribution is 2.25. The fourth-order valence-corrected chi connectivity index (χ4v) is 3.20. The SMILES string of the molecule is CCCc1ccc(-c2ncc(-c3ccc(C(CC)C(=O)O)cc3)cn2)cc1. The van der Waals surface area contributed by atoms with Crippen molar-refractivity contribution in [2.45, 2.75) is 39.0 Å². The molecule has 1 atom stereocenters. The van der Waals surface area contributed by atoms with Crippen molar-refractivity contribution in [1.82, 2.24) is 9.97 Å². The van der Waals surface area contributed by atoms with E-state index in [0.717, 1.165) is 35.1 Å². The van der Waals surface area contributed by atoms with Crippen LogP contribution in [0.25, 0.3) is 22.5 Å². The maximum absolute atomic E-state index is 11.3. The van der Waals surface area contributed by atoms with Gasteiger partial charge in [-0.3, -0.25) is 4.79 Å². The second-order valence-electron chi connectivity index (χ2n) is 6.66. The summed E-state index contributed by atoms with van der Waals surface area (Å²) in [5.74, 6) is -0.549.